The molecule has 1 aliphatic rings. The number of alkyl halides is 3. The van der Waals surface area contributed by atoms with Gasteiger partial charge in [0.2, 0.25) is 0 Å². The molecule has 1 aliphatic heterocycles. The van der Waals surface area contributed by atoms with E-state index in [0.717, 1.165) is 30.5 Å². The third kappa shape index (κ3) is 6.14. The highest BCUT2D eigenvalue weighted by Crippen LogP contribution is 2.30. The van der Waals surface area contributed by atoms with E-state index in [1.807, 2.05) is 0 Å². The van der Waals surface area contributed by atoms with E-state index in [0.29, 0.717) is 31.7 Å². The lowest BCUT2D eigenvalue weighted by molar-refractivity contribution is -0.384. The van der Waals surface area contributed by atoms with Crippen molar-refractivity contribution in [3.8, 4) is 0 Å². The minimum absolute atomic E-state index is 0.336. The first kappa shape index (κ1) is 23.9. The first-order chi connectivity index (χ1) is 15.5. The number of rotatable bonds is 6. The van der Waals surface area contributed by atoms with E-state index in [1.54, 1.807) is 4.90 Å². The number of nitrogens with one attached hydrogen (secondary N) is 1. The number of halogens is 4. The normalized spacial score (nSPS) is 14.6. The zero-order chi connectivity index (χ0) is 24.2. The lowest BCUT2D eigenvalue weighted by atomic mass is 9.97. The molecule has 1 fully saturated rings. The van der Waals surface area contributed by atoms with E-state index in [2.05, 4.69) is 10.3 Å². The van der Waals surface area contributed by atoms with Gasteiger partial charge in [-0.1, -0.05) is 0 Å². The Morgan fingerprint density at radius 1 is 1.21 bits per heavy atom. The first-order valence-corrected chi connectivity index (χ1v) is 9.73. The number of hydrogen-bond acceptors (Lipinski definition) is 7. The Bertz CT molecular complexity index is 1040. The molecule has 0 spiro atoms. The van der Waals surface area contributed by atoms with E-state index in [1.165, 1.54) is 6.07 Å². The highest BCUT2D eigenvalue weighted by Gasteiger charge is 2.32. The SMILES string of the molecule is O=C(COC(=O)C1CCN(c2ccc(C(F)(F)F)cn2)CC1)Nc1cc([N+](=O)[O-])ccc1F. The van der Waals surface area contributed by atoms with Gasteiger partial charge in [0.05, 0.1) is 22.1 Å². The number of piperidine rings is 1. The van der Waals surface area contributed by atoms with Gasteiger partial charge in [-0.05, 0) is 31.0 Å². The number of carbonyl (C=O) groups is 2. The van der Waals surface area contributed by atoms with Crippen molar-refractivity contribution < 1.29 is 36.8 Å². The van der Waals surface area contributed by atoms with Crippen molar-refractivity contribution in [1.29, 1.82) is 0 Å². The van der Waals surface area contributed by atoms with Gasteiger partial charge in [0.15, 0.2) is 6.61 Å². The van der Waals surface area contributed by atoms with Gasteiger partial charge in [-0.2, -0.15) is 13.2 Å². The average Bonchev–Trinajstić information content (AvgIpc) is 2.78. The predicted octanol–water partition coefficient (Wildman–Crippen LogP) is 3.55. The number of ether oxygens (including phenoxy) is 1. The molecule has 33 heavy (non-hydrogen) atoms. The second kappa shape index (κ2) is 9.79. The van der Waals surface area contributed by atoms with Crippen LogP contribution in [0.25, 0.3) is 0 Å². The number of benzene rings is 1. The van der Waals surface area contributed by atoms with Crippen LogP contribution in [-0.2, 0) is 20.5 Å². The molecule has 1 amide bonds. The summed E-state index contributed by atoms with van der Waals surface area (Å²) in [5.41, 5.74) is -1.69. The molecule has 1 aromatic carbocycles. The largest absolute Gasteiger partial charge is 0.455 e. The van der Waals surface area contributed by atoms with Gasteiger partial charge in [-0.25, -0.2) is 9.37 Å². The fraction of sp³-hybridized carbons (Fsp3) is 0.350. The number of anilines is 2. The summed E-state index contributed by atoms with van der Waals surface area (Å²) >= 11 is 0. The molecule has 1 saturated heterocycles. The standard InChI is InChI=1S/C20H18F4N4O5/c21-15-3-2-14(28(31)32)9-16(15)26-18(29)11-33-19(30)12-5-7-27(8-6-12)17-4-1-13(10-25-17)20(22,23)24/h1-4,9-10,12H,5-8,11H2,(H,26,29). The van der Waals surface area contributed by atoms with Gasteiger partial charge < -0.3 is 15.0 Å². The summed E-state index contributed by atoms with van der Waals surface area (Å²) in [6.07, 6.45) is -3.06. The average molecular weight is 470 g/mol. The highest BCUT2D eigenvalue weighted by atomic mass is 19.4. The molecular formula is C20H18F4N4O5. The lowest BCUT2D eigenvalue weighted by Crippen LogP contribution is -2.38. The molecule has 9 nitrogen and oxygen atoms in total. The van der Waals surface area contributed by atoms with Crippen LogP contribution in [0.3, 0.4) is 0 Å². The van der Waals surface area contributed by atoms with Crippen molar-refractivity contribution >= 4 is 29.1 Å². The smallest absolute Gasteiger partial charge is 0.417 e. The number of hydrogen-bond donors (Lipinski definition) is 1. The second-order valence-corrected chi connectivity index (χ2v) is 7.24. The Hall–Kier alpha value is -3.77. The summed E-state index contributed by atoms with van der Waals surface area (Å²) < 4.78 is 56.6. The van der Waals surface area contributed by atoms with Crippen molar-refractivity contribution in [1.82, 2.24) is 4.98 Å². The van der Waals surface area contributed by atoms with E-state index >= 15 is 0 Å². The van der Waals surface area contributed by atoms with Crippen LogP contribution in [0.5, 0.6) is 0 Å². The van der Waals surface area contributed by atoms with E-state index in [4.69, 9.17) is 4.74 Å². The van der Waals surface area contributed by atoms with Crippen LogP contribution in [0.1, 0.15) is 18.4 Å². The molecule has 1 N–H and O–H groups in total. The van der Waals surface area contributed by atoms with Gasteiger partial charge in [0.1, 0.15) is 11.6 Å². The van der Waals surface area contributed by atoms with Crippen LogP contribution < -0.4 is 10.2 Å². The zero-order valence-electron chi connectivity index (χ0n) is 17.0. The molecule has 1 aromatic heterocycles. The molecule has 0 aliphatic carbocycles. The molecule has 13 heteroatoms. The number of aromatic nitrogens is 1. The molecule has 2 heterocycles. The van der Waals surface area contributed by atoms with Crippen molar-refractivity contribution in [2.45, 2.75) is 19.0 Å². The van der Waals surface area contributed by atoms with E-state index in [9.17, 15) is 37.3 Å². The topological polar surface area (TPSA) is 115 Å². The number of nitrogens with zero attached hydrogens (tertiary/aromatic N) is 3. The van der Waals surface area contributed by atoms with Crippen LogP contribution >= 0.6 is 0 Å². The summed E-state index contributed by atoms with van der Waals surface area (Å²) in [5, 5.41) is 12.9. The fourth-order valence-electron chi connectivity index (χ4n) is 3.25. The van der Waals surface area contributed by atoms with Crippen LogP contribution in [0.15, 0.2) is 36.5 Å². The monoisotopic (exact) mass is 470 g/mol. The van der Waals surface area contributed by atoms with Crippen LogP contribution in [0.2, 0.25) is 0 Å². The maximum atomic E-state index is 13.7. The number of non-ortho nitro benzene ring substituents is 1. The predicted molar refractivity (Wildman–Crippen MR) is 107 cm³/mol. The van der Waals surface area contributed by atoms with Gasteiger partial charge in [-0.15, -0.1) is 0 Å². The van der Waals surface area contributed by atoms with Gasteiger partial charge in [-0.3, -0.25) is 19.7 Å². The number of carbonyl (C=O) groups excluding carboxylic acids is 2. The van der Waals surface area contributed by atoms with Crippen molar-refractivity contribution in [3.05, 3.63) is 58.0 Å². The number of amides is 1. The van der Waals surface area contributed by atoms with Crippen molar-refractivity contribution in [2.24, 2.45) is 5.92 Å². The minimum Gasteiger partial charge on any atom is -0.455 e. The van der Waals surface area contributed by atoms with Crippen LogP contribution in [0, 0.1) is 21.8 Å². The molecule has 0 radical (unpaired) electrons. The third-order valence-corrected chi connectivity index (χ3v) is 5.01. The molecule has 0 bridgehead atoms. The van der Waals surface area contributed by atoms with Gasteiger partial charge in [0.25, 0.3) is 11.6 Å². The Kier molecular flexibility index (Phi) is 7.09. The second-order valence-electron chi connectivity index (χ2n) is 7.24. The number of pyridine rings is 1. The van der Waals surface area contributed by atoms with E-state index < -0.39 is 58.3 Å². The van der Waals surface area contributed by atoms with Gasteiger partial charge in [0, 0.05) is 31.4 Å². The molecule has 3 rings (SSSR count). The van der Waals surface area contributed by atoms with Crippen LogP contribution in [-0.4, -0.2) is 41.5 Å². The Morgan fingerprint density at radius 2 is 1.91 bits per heavy atom. The molecule has 2 aromatic rings. The molecule has 0 saturated carbocycles. The minimum atomic E-state index is -4.48. The van der Waals surface area contributed by atoms with Crippen molar-refractivity contribution in [3.63, 3.8) is 0 Å². The number of nitro benzene ring substituents is 1. The summed E-state index contributed by atoms with van der Waals surface area (Å²) in [7, 11) is 0. The number of esters is 1. The quantitative estimate of drug-likeness (QED) is 0.297. The Labute approximate surface area is 184 Å². The summed E-state index contributed by atoms with van der Waals surface area (Å²) in [6, 6.07) is 4.82. The summed E-state index contributed by atoms with van der Waals surface area (Å²) in [5.74, 6) is -2.57. The molecule has 0 atom stereocenters. The Morgan fingerprint density at radius 3 is 2.48 bits per heavy atom. The Balaban J connectivity index is 1.47. The van der Waals surface area contributed by atoms with Crippen LogP contribution in [0.4, 0.5) is 34.8 Å². The summed E-state index contributed by atoms with van der Waals surface area (Å²) in [6.45, 7) is -0.00587. The third-order valence-electron chi connectivity index (χ3n) is 5.01. The van der Waals surface area contributed by atoms with Crippen molar-refractivity contribution in [2.75, 3.05) is 29.9 Å². The highest BCUT2D eigenvalue weighted by molar-refractivity contribution is 5.93. The molecule has 0 unspecified atom stereocenters. The lowest BCUT2D eigenvalue weighted by Gasteiger charge is -2.31. The maximum absolute atomic E-state index is 13.7. The maximum Gasteiger partial charge on any atom is 0.417 e. The molecule has 176 valence electrons. The fourth-order valence-corrected chi connectivity index (χ4v) is 3.25. The molecular weight excluding hydrogens is 452 g/mol. The number of nitro groups is 1. The summed E-state index contributed by atoms with van der Waals surface area (Å²) in [4.78, 5) is 39.8. The first-order valence-electron chi connectivity index (χ1n) is 9.73. The van der Waals surface area contributed by atoms with Gasteiger partial charge >= 0.3 is 12.1 Å². The zero-order valence-corrected chi connectivity index (χ0v) is 17.0. The van der Waals surface area contributed by atoms with E-state index in [-0.39, 0.29) is 0 Å².